The Bertz CT molecular complexity index is 524. The zero-order valence-corrected chi connectivity index (χ0v) is 14.8. The third-order valence-electron chi connectivity index (χ3n) is 4.15. The second-order valence-electron chi connectivity index (χ2n) is 5.76. The summed E-state index contributed by atoms with van der Waals surface area (Å²) in [7, 11) is 5.28. The Morgan fingerprint density at radius 3 is 2.96 bits per heavy atom. The Hall–Kier alpha value is -1.30. The fourth-order valence-corrected chi connectivity index (χ4v) is 3.16. The van der Waals surface area contributed by atoms with Gasteiger partial charge in [-0.2, -0.15) is 0 Å². The summed E-state index contributed by atoms with van der Waals surface area (Å²) in [6.07, 6.45) is 1.07. The van der Waals surface area contributed by atoms with Crippen LogP contribution in [-0.2, 0) is 9.47 Å². The highest BCUT2D eigenvalue weighted by atomic mass is 35.5. The molecule has 1 heterocycles. The van der Waals surface area contributed by atoms with Crippen molar-refractivity contribution in [2.24, 2.45) is 10.9 Å². The zero-order chi connectivity index (χ0) is 16.7. The standard InChI is InChI=1S/C17H26ClN3O2/c1-19-17(21-8-7-13(11-21)12-22-2)20-10-16(23-3)14-5-4-6-15(18)9-14/h4-6,9,13,16H,7-8,10-12H2,1-3H3,(H,19,20). The highest BCUT2D eigenvalue weighted by molar-refractivity contribution is 6.30. The van der Waals surface area contributed by atoms with E-state index in [-0.39, 0.29) is 6.10 Å². The molecule has 23 heavy (non-hydrogen) atoms. The third kappa shape index (κ3) is 5.09. The molecular weight excluding hydrogens is 314 g/mol. The second kappa shape index (κ2) is 9.11. The molecule has 0 saturated carbocycles. The first-order chi connectivity index (χ1) is 11.2. The van der Waals surface area contributed by atoms with E-state index < -0.39 is 0 Å². The van der Waals surface area contributed by atoms with E-state index in [0.29, 0.717) is 12.5 Å². The molecule has 1 aromatic rings. The number of aliphatic imine (C=N–C) groups is 1. The van der Waals surface area contributed by atoms with Crippen molar-refractivity contribution >= 4 is 17.6 Å². The topological polar surface area (TPSA) is 46.1 Å². The van der Waals surface area contributed by atoms with Crippen LogP contribution in [0.15, 0.2) is 29.3 Å². The van der Waals surface area contributed by atoms with Crippen LogP contribution in [0.25, 0.3) is 0 Å². The van der Waals surface area contributed by atoms with Crippen LogP contribution in [-0.4, -0.2) is 58.4 Å². The van der Waals surface area contributed by atoms with E-state index in [0.717, 1.165) is 42.7 Å². The maximum atomic E-state index is 6.07. The van der Waals surface area contributed by atoms with Gasteiger partial charge in [-0.3, -0.25) is 4.99 Å². The van der Waals surface area contributed by atoms with E-state index in [9.17, 15) is 0 Å². The Morgan fingerprint density at radius 1 is 1.48 bits per heavy atom. The van der Waals surface area contributed by atoms with E-state index in [1.807, 2.05) is 31.3 Å². The summed E-state index contributed by atoms with van der Waals surface area (Å²) in [4.78, 5) is 6.66. The first-order valence-electron chi connectivity index (χ1n) is 7.90. The van der Waals surface area contributed by atoms with E-state index >= 15 is 0 Å². The predicted octanol–water partition coefficient (Wildman–Crippen LogP) is 2.57. The largest absolute Gasteiger partial charge is 0.384 e. The lowest BCUT2D eigenvalue weighted by Crippen LogP contribution is -2.42. The minimum Gasteiger partial charge on any atom is -0.384 e. The number of nitrogens with one attached hydrogen (secondary N) is 1. The number of rotatable bonds is 6. The molecule has 1 saturated heterocycles. The summed E-state index contributed by atoms with van der Waals surface area (Å²) in [5.74, 6) is 1.48. The van der Waals surface area contributed by atoms with Gasteiger partial charge in [0.05, 0.1) is 12.7 Å². The Labute approximate surface area is 143 Å². The molecule has 1 aromatic carbocycles. The van der Waals surface area contributed by atoms with Gasteiger partial charge >= 0.3 is 0 Å². The first-order valence-corrected chi connectivity index (χ1v) is 8.28. The Morgan fingerprint density at radius 2 is 2.30 bits per heavy atom. The van der Waals surface area contributed by atoms with E-state index in [2.05, 4.69) is 15.2 Å². The first kappa shape index (κ1) is 18.0. The molecule has 128 valence electrons. The number of nitrogens with zero attached hydrogens (tertiary/aromatic N) is 2. The van der Waals surface area contributed by atoms with Gasteiger partial charge in [-0.15, -0.1) is 0 Å². The molecule has 0 amide bonds. The molecule has 6 heteroatoms. The van der Waals surface area contributed by atoms with E-state index in [4.69, 9.17) is 21.1 Å². The van der Waals surface area contributed by atoms with Crippen molar-refractivity contribution in [3.63, 3.8) is 0 Å². The molecule has 0 radical (unpaired) electrons. The highest BCUT2D eigenvalue weighted by Crippen LogP contribution is 2.20. The van der Waals surface area contributed by atoms with Crippen molar-refractivity contribution in [2.75, 3.05) is 47.5 Å². The fourth-order valence-electron chi connectivity index (χ4n) is 2.96. The van der Waals surface area contributed by atoms with Gasteiger partial charge in [0.15, 0.2) is 5.96 Å². The predicted molar refractivity (Wildman–Crippen MR) is 94.1 cm³/mol. The average molecular weight is 340 g/mol. The molecule has 1 aliphatic rings. The summed E-state index contributed by atoms with van der Waals surface area (Å²) < 4.78 is 10.8. The number of methoxy groups -OCH3 is 2. The van der Waals surface area contributed by atoms with Crippen molar-refractivity contribution in [3.8, 4) is 0 Å². The minimum absolute atomic E-state index is 0.0668. The van der Waals surface area contributed by atoms with Gasteiger partial charge in [0.1, 0.15) is 0 Å². The van der Waals surface area contributed by atoms with Crippen molar-refractivity contribution < 1.29 is 9.47 Å². The molecule has 5 nitrogen and oxygen atoms in total. The van der Waals surface area contributed by atoms with Gasteiger partial charge in [0, 0.05) is 51.8 Å². The summed E-state index contributed by atoms with van der Waals surface area (Å²) >= 11 is 6.07. The molecule has 2 rings (SSSR count). The van der Waals surface area contributed by atoms with Crippen LogP contribution in [0.4, 0.5) is 0 Å². The van der Waals surface area contributed by atoms with Gasteiger partial charge < -0.3 is 19.7 Å². The van der Waals surface area contributed by atoms with Gasteiger partial charge in [-0.1, -0.05) is 23.7 Å². The number of hydrogen-bond donors (Lipinski definition) is 1. The molecule has 0 spiro atoms. The number of guanidine groups is 1. The number of hydrogen-bond acceptors (Lipinski definition) is 3. The molecule has 2 atom stereocenters. The quantitative estimate of drug-likeness (QED) is 0.639. The maximum absolute atomic E-state index is 6.07. The Kier molecular flexibility index (Phi) is 7.15. The summed E-state index contributed by atoms with van der Waals surface area (Å²) in [6.45, 7) is 3.43. The molecule has 1 fully saturated rings. The molecule has 1 N–H and O–H groups in total. The lowest BCUT2D eigenvalue weighted by atomic mass is 10.1. The Balaban J connectivity index is 1.92. The third-order valence-corrected chi connectivity index (χ3v) is 4.39. The number of ether oxygens (including phenoxy) is 2. The highest BCUT2D eigenvalue weighted by Gasteiger charge is 2.25. The smallest absolute Gasteiger partial charge is 0.193 e. The molecule has 2 unspecified atom stereocenters. The van der Waals surface area contributed by atoms with Crippen LogP contribution in [0, 0.1) is 5.92 Å². The molecule has 0 bridgehead atoms. The lowest BCUT2D eigenvalue weighted by molar-refractivity contribution is 0.106. The van der Waals surface area contributed by atoms with Crippen molar-refractivity contribution in [2.45, 2.75) is 12.5 Å². The SMILES string of the molecule is CN=C(NCC(OC)c1cccc(Cl)c1)N1CCC(COC)C1. The van der Waals surface area contributed by atoms with Crippen LogP contribution in [0.5, 0.6) is 0 Å². The number of benzene rings is 1. The fraction of sp³-hybridized carbons (Fsp3) is 0.588. The number of likely N-dealkylation sites (tertiary alicyclic amines) is 1. The van der Waals surface area contributed by atoms with Crippen LogP contribution < -0.4 is 5.32 Å². The lowest BCUT2D eigenvalue weighted by Gasteiger charge is -2.24. The van der Waals surface area contributed by atoms with Crippen molar-refractivity contribution in [1.29, 1.82) is 0 Å². The van der Waals surface area contributed by atoms with Gasteiger partial charge in [-0.25, -0.2) is 0 Å². The van der Waals surface area contributed by atoms with E-state index in [1.54, 1.807) is 14.2 Å². The van der Waals surface area contributed by atoms with Crippen LogP contribution in [0.2, 0.25) is 5.02 Å². The van der Waals surface area contributed by atoms with Crippen LogP contribution in [0.1, 0.15) is 18.1 Å². The summed E-state index contributed by atoms with van der Waals surface area (Å²) in [6, 6.07) is 7.76. The van der Waals surface area contributed by atoms with Crippen LogP contribution >= 0.6 is 11.6 Å². The van der Waals surface area contributed by atoms with Gasteiger partial charge in [0.25, 0.3) is 0 Å². The summed E-state index contributed by atoms with van der Waals surface area (Å²) in [5.41, 5.74) is 1.06. The summed E-state index contributed by atoms with van der Waals surface area (Å²) in [5, 5.41) is 4.13. The van der Waals surface area contributed by atoms with Crippen molar-refractivity contribution in [3.05, 3.63) is 34.9 Å². The molecule has 1 aliphatic heterocycles. The molecular formula is C17H26ClN3O2. The van der Waals surface area contributed by atoms with Gasteiger partial charge in [0.2, 0.25) is 0 Å². The minimum atomic E-state index is -0.0668. The maximum Gasteiger partial charge on any atom is 0.193 e. The second-order valence-corrected chi connectivity index (χ2v) is 6.20. The van der Waals surface area contributed by atoms with E-state index in [1.165, 1.54) is 0 Å². The molecule has 0 aliphatic carbocycles. The molecule has 0 aromatic heterocycles. The van der Waals surface area contributed by atoms with Gasteiger partial charge in [-0.05, 0) is 24.1 Å². The van der Waals surface area contributed by atoms with Crippen LogP contribution in [0.3, 0.4) is 0 Å². The normalized spacial score (nSPS) is 19.9. The van der Waals surface area contributed by atoms with Crippen molar-refractivity contribution in [1.82, 2.24) is 10.2 Å². The monoisotopic (exact) mass is 339 g/mol. The zero-order valence-electron chi connectivity index (χ0n) is 14.1. The average Bonchev–Trinajstić information content (AvgIpc) is 3.00. The number of halogens is 1.